The largest absolute Gasteiger partial charge is 0.355 e. The minimum atomic E-state index is 0.00720. The number of rotatable bonds is 8. The normalized spacial score (nSPS) is 19.4. The van der Waals surface area contributed by atoms with E-state index in [9.17, 15) is 4.79 Å². The summed E-state index contributed by atoms with van der Waals surface area (Å²) in [5, 5.41) is 0.701. The first kappa shape index (κ1) is 23.5. The Morgan fingerprint density at radius 3 is 2.59 bits per heavy atom. The van der Waals surface area contributed by atoms with Gasteiger partial charge in [0.05, 0.1) is 5.69 Å². The molecule has 0 amide bonds. The van der Waals surface area contributed by atoms with Crippen molar-refractivity contribution in [1.82, 2.24) is 14.0 Å². The van der Waals surface area contributed by atoms with E-state index in [2.05, 4.69) is 16.4 Å². The van der Waals surface area contributed by atoms with Gasteiger partial charge >= 0.3 is 0 Å². The van der Waals surface area contributed by atoms with E-state index in [0.29, 0.717) is 11.1 Å². The molecule has 34 heavy (non-hydrogen) atoms. The van der Waals surface area contributed by atoms with Crippen molar-refractivity contribution in [2.24, 2.45) is 5.92 Å². The average molecular weight is 481 g/mol. The zero-order valence-electron chi connectivity index (χ0n) is 20.4. The summed E-state index contributed by atoms with van der Waals surface area (Å²) >= 11 is 6.09. The first-order valence-electron chi connectivity index (χ1n) is 13.3. The number of unbranched alkanes of at least 4 members (excludes halogenated alkanes) is 2. The lowest BCUT2D eigenvalue weighted by Crippen LogP contribution is -2.35. The molecule has 1 aromatic carbocycles. The highest BCUT2D eigenvalue weighted by Crippen LogP contribution is 2.35. The second kappa shape index (κ2) is 10.6. The molecule has 0 radical (unpaired) electrons. The SMILES string of the molecule is CCCCCn1c(N2CCCC2CC2CCCCC2)cc(=O)n2cc(-c3ccc(Cl)cc3)nc12. The number of benzene rings is 1. The number of aromatic nitrogens is 3. The molecule has 2 fully saturated rings. The Morgan fingerprint density at radius 1 is 1.03 bits per heavy atom. The van der Waals surface area contributed by atoms with E-state index in [1.807, 2.05) is 36.5 Å². The van der Waals surface area contributed by atoms with Crippen LogP contribution in [0.3, 0.4) is 0 Å². The Labute approximate surface area is 207 Å². The summed E-state index contributed by atoms with van der Waals surface area (Å²) in [4.78, 5) is 20.8. The van der Waals surface area contributed by atoms with Crippen molar-refractivity contribution in [1.29, 1.82) is 0 Å². The van der Waals surface area contributed by atoms with Gasteiger partial charge in [0.1, 0.15) is 5.82 Å². The second-order valence-corrected chi connectivity index (χ2v) is 10.7. The molecular formula is C28H37ClN4O. The maximum absolute atomic E-state index is 13.3. The highest BCUT2D eigenvalue weighted by Gasteiger charge is 2.30. The summed E-state index contributed by atoms with van der Waals surface area (Å²) in [6, 6.07) is 10.1. The molecule has 1 saturated heterocycles. The van der Waals surface area contributed by atoms with Gasteiger partial charge in [0.15, 0.2) is 0 Å². The fourth-order valence-corrected chi connectivity index (χ4v) is 6.13. The Kier molecular flexibility index (Phi) is 7.29. The second-order valence-electron chi connectivity index (χ2n) is 10.2. The van der Waals surface area contributed by atoms with Crippen LogP contribution in [0.25, 0.3) is 17.0 Å². The molecule has 2 aliphatic rings. The number of nitrogens with zero attached hydrogens (tertiary/aromatic N) is 4. The van der Waals surface area contributed by atoms with Crippen molar-refractivity contribution in [2.75, 3.05) is 11.4 Å². The van der Waals surface area contributed by atoms with E-state index in [4.69, 9.17) is 16.6 Å². The van der Waals surface area contributed by atoms with Gasteiger partial charge in [0, 0.05) is 42.0 Å². The van der Waals surface area contributed by atoms with Crippen LogP contribution in [0.1, 0.15) is 77.6 Å². The summed E-state index contributed by atoms with van der Waals surface area (Å²) in [6.07, 6.45) is 15.9. The minimum Gasteiger partial charge on any atom is -0.355 e. The van der Waals surface area contributed by atoms with Crippen molar-refractivity contribution in [3.8, 4) is 11.3 Å². The molecule has 1 aliphatic heterocycles. The van der Waals surface area contributed by atoms with Gasteiger partial charge in [0.25, 0.3) is 5.56 Å². The zero-order chi connectivity index (χ0) is 23.5. The molecule has 3 heterocycles. The van der Waals surface area contributed by atoms with Crippen molar-refractivity contribution in [3.05, 3.63) is 51.9 Å². The van der Waals surface area contributed by atoms with Gasteiger partial charge in [-0.1, -0.05) is 75.6 Å². The van der Waals surface area contributed by atoms with Crippen molar-refractivity contribution < 1.29 is 0 Å². The van der Waals surface area contributed by atoms with E-state index >= 15 is 0 Å². The predicted octanol–water partition coefficient (Wildman–Crippen LogP) is 6.95. The number of hydrogen-bond donors (Lipinski definition) is 0. The minimum absolute atomic E-state index is 0.00720. The van der Waals surface area contributed by atoms with Crippen LogP contribution in [-0.2, 0) is 6.54 Å². The van der Waals surface area contributed by atoms with Crippen LogP contribution in [0.5, 0.6) is 0 Å². The summed E-state index contributed by atoms with van der Waals surface area (Å²) < 4.78 is 4.04. The molecule has 0 N–H and O–H groups in total. The molecular weight excluding hydrogens is 444 g/mol. The fraction of sp³-hybridized carbons (Fsp3) is 0.571. The van der Waals surface area contributed by atoms with Crippen LogP contribution in [0.4, 0.5) is 5.82 Å². The van der Waals surface area contributed by atoms with E-state index in [1.165, 1.54) is 64.2 Å². The van der Waals surface area contributed by atoms with Crippen LogP contribution in [0, 0.1) is 5.92 Å². The number of halogens is 1. The number of hydrogen-bond acceptors (Lipinski definition) is 3. The molecule has 182 valence electrons. The highest BCUT2D eigenvalue weighted by molar-refractivity contribution is 6.30. The Hall–Kier alpha value is -2.27. The number of imidazole rings is 1. The van der Waals surface area contributed by atoms with Crippen LogP contribution in [-0.4, -0.2) is 26.5 Å². The number of fused-ring (bicyclic) bond motifs is 1. The van der Waals surface area contributed by atoms with Gasteiger partial charge in [0.2, 0.25) is 5.78 Å². The van der Waals surface area contributed by atoms with Crippen molar-refractivity contribution in [2.45, 2.75) is 90.1 Å². The summed E-state index contributed by atoms with van der Waals surface area (Å²) in [5.41, 5.74) is 1.80. The Morgan fingerprint density at radius 2 is 1.82 bits per heavy atom. The molecule has 6 heteroatoms. The lowest BCUT2D eigenvalue weighted by Gasteiger charge is -2.33. The van der Waals surface area contributed by atoms with Gasteiger partial charge in [-0.15, -0.1) is 0 Å². The lowest BCUT2D eigenvalue weighted by atomic mass is 9.84. The third kappa shape index (κ3) is 4.91. The lowest BCUT2D eigenvalue weighted by molar-refractivity contribution is 0.316. The third-order valence-corrected chi connectivity index (χ3v) is 8.07. The molecule has 0 spiro atoms. The van der Waals surface area contributed by atoms with Crippen LogP contribution in [0.15, 0.2) is 41.3 Å². The van der Waals surface area contributed by atoms with E-state index in [0.717, 1.165) is 48.3 Å². The zero-order valence-corrected chi connectivity index (χ0v) is 21.1. The number of aryl methyl sites for hydroxylation is 1. The van der Waals surface area contributed by atoms with Crippen LogP contribution < -0.4 is 10.5 Å². The number of anilines is 1. The monoisotopic (exact) mass is 480 g/mol. The molecule has 1 aliphatic carbocycles. The Bertz CT molecular complexity index is 1160. The smallest absolute Gasteiger partial charge is 0.261 e. The standard InChI is InChI=1S/C28H37ClN4O/c1-2-3-7-16-32-26(31-17-8-11-24(31)18-21-9-5-4-6-10-21)19-27(34)33-20-25(30-28(32)33)22-12-14-23(29)15-13-22/h12-15,19-21,24H,2-11,16-18H2,1H3. The van der Waals surface area contributed by atoms with Gasteiger partial charge in [-0.05, 0) is 43.7 Å². The first-order valence-corrected chi connectivity index (χ1v) is 13.7. The molecule has 0 bridgehead atoms. The predicted molar refractivity (Wildman–Crippen MR) is 141 cm³/mol. The van der Waals surface area contributed by atoms with E-state index < -0.39 is 0 Å². The molecule has 5 rings (SSSR count). The first-order chi connectivity index (χ1) is 16.6. The Balaban J connectivity index is 1.53. The van der Waals surface area contributed by atoms with Crippen molar-refractivity contribution in [3.63, 3.8) is 0 Å². The molecule has 2 aromatic heterocycles. The molecule has 5 nitrogen and oxygen atoms in total. The van der Waals surface area contributed by atoms with Gasteiger partial charge in [-0.2, -0.15) is 0 Å². The molecule has 1 atom stereocenters. The highest BCUT2D eigenvalue weighted by atomic mass is 35.5. The van der Waals surface area contributed by atoms with Gasteiger partial charge in [-0.3, -0.25) is 13.8 Å². The van der Waals surface area contributed by atoms with Crippen LogP contribution in [0.2, 0.25) is 5.02 Å². The third-order valence-electron chi connectivity index (χ3n) is 7.82. The maximum Gasteiger partial charge on any atom is 0.261 e. The molecule has 1 unspecified atom stereocenters. The quantitative estimate of drug-likeness (QED) is 0.328. The maximum atomic E-state index is 13.3. The van der Waals surface area contributed by atoms with Gasteiger partial charge < -0.3 is 4.90 Å². The fourth-order valence-electron chi connectivity index (χ4n) is 6.01. The van der Waals surface area contributed by atoms with E-state index in [-0.39, 0.29) is 5.56 Å². The molecule has 1 saturated carbocycles. The summed E-state index contributed by atoms with van der Waals surface area (Å²) in [5.74, 6) is 2.67. The van der Waals surface area contributed by atoms with Gasteiger partial charge in [-0.25, -0.2) is 4.98 Å². The topological polar surface area (TPSA) is 42.5 Å². The van der Waals surface area contributed by atoms with E-state index in [1.54, 1.807) is 4.40 Å². The molecule has 3 aromatic rings. The average Bonchev–Trinajstić information content (AvgIpc) is 3.49. The van der Waals surface area contributed by atoms with Crippen molar-refractivity contribution >= 4 is 23.2 Å². The van der Waals surface area contributed by atoms with Crippen LogP contribution >= 0.6 is 11.6 Å². The summed E-state index contributed by atoms with van der Waals surface area (Å²) in [6.45, 7) is 4.15. The summed E-state index contributed by atoms with van der Waals surface area (Å²) in [7, 11) is 0.